The standard InChI is InChI=1S/C11H7N5O3/c17-11-6(10-13-15-16-14-10)1-5-2-8-9(19-4-18-8)3-7(5)12-11/h1-3H,4H2,(H,12,17)(H,13,14,15,16). The molecule has 3 heterocycles. The van der Waals surface area contributed by atoms with Crippen LogP contribution >= 0.6 is 0 Å². The van der Waals surface area contributed by atoms with Crippen LogP contribution in [0.15, 0.2) is 23.0 Å². The molecule has 0 spiro atoms. The van der Waals surface area contributed by atoms with E-state index >= 15 is 0 Å². The minimum absolute atomic E-state index is 0.188. The number of hydrogen-bond donors (Lipinski definition) is 2. The highest BCUT2D eigenvalue weighted by molar-refractivity contribution is 5.85. The van der Waals surface area contributed by atoms with Gasteiger partial charge in [-0.05, 0) is 17.3 Å². The molecule has 0 radical (unpaired) electrons. The topological polar surface area (TPSA) is 106 Å². The smallest absolute Gasteiger partial charge is 0.259 e. The van der Waals surface area contributed by atoms with Crippen molar-refractivity contribution in [2.45, 2.75) is 0 Å². The first kappa shape index (κ1) is 10.1. The molecule has 2 N–H and O–H groups in total. The third kappa shape index (κ3) is 1.46. The number of nitrogens with zero attached hydrogens (tertiary/aromatic N) is 3. The number of pyridine rings is 1. The maximum absolute atomic E-state index is 12.0. The second-order valence-electron chi connectivity index (χ2n) is 4.04. The highest BCUT2D eigenvalue weighted by Crippen LogP contribution is 2.35. The van der Waals surface area contributed by atoms with E-state index in [4.69, 9.17) is 9.47 Å². The Bertz CT molecular complexity index is 824. The predicted octanol–water partition coefficient (Wildman–Crippen LogP) is 0.437. The first-order valence-corrected chi connectivity index (χ1v) is 5.52. The fourth-order valence-corrected chi connectivity index (χ4v) is 2.04. The maximum Gasteiger partial charge on any atom is 0.259 e. The number of aromatic nitrogens is 5. The molecule has 0 amide bonds. The molecule has 94 valence electrons. The molecule has 3 aromatic rings. The molecule has 1 aliphatic heterocycles. The second-order valence-corrected chi connectivity index (χ2v) is 4.04. The van der Waals surface area contributed by atoms with Gasteiger partial charge < -0.3 is 14.5 Å². The van der Waals surface area contributed by atoms with Crippen LogP contribution in [0.25, 0.3) is 22.3 Å². The Balaban J connectivity index is 2.01. The highest BCUT2D eigenvalue weighted by atomic mass is 16.7. The average molecular weight is 257 g/mol. The van der Waals surface area contributed by atoms with Crippen LogP contribution in [0.4, 0.5) is 0 Å². The van der Waals surface area contributed by atoms with Gasteiger partial charge in [0.05, 0.1) is 11.1 Å². The Morgan fingerprint density at radius 3 is 2.79 bits per heavy atom. The summed E-state index contributed by atoms with van der Waals surface area (Å²) >= 11 is 0. The Labute approximate surface area is 105 Å². The van der Waals surface area contributed by atoms with Gasteiger partial charge in [0.15, 0.2) is 11.5 Å². The van der Waals surface area contributed by atoms with Crippen molar-refractivity contribution in [1.29, 1.82) is 0 Å². The summed E-state index contributed by atoms with van der Waals surface area (Å²) < 4.78 is 10.6. The van der Waals surface area contributed by atoms with Crippen molar-refractivity contribution in [3.63, 3.8) is 0 Å². The van der Waals surface area contributed by atoms with Crippen molar-refractivity contribution < 1.29 is 9.47 Å². The molecule has 0 aliphatic carbocycles. The van der Waals surface area contributed by atoms with Crippen LogP contribution in [-0.2, 0) is 0 Å². The van der Waals surface area contributed by atoms with Gasteiger partial charge in [0, 0.05) is 11.5 Å². The van der Waals surface area contributed by atoms with Gasteiger partial charge in [-0.3, -0.25) is 4.79 Å². The van der Waals surface area contributed by atoms with Gasteiger partial charge in [0.2, 0.25) is 12.6 Å². The molecule has 0 saturated carbocycles. The summed E-state index contributed by atoms with van der Waals surface area (Å²) in [4.78, 5) is 14.7. The Morgan fingerprint density at radius 2 is 2.00 bits per heavy atom. The Hall–Kier alpha value is -2.90. The lowest BCUT2D eigenvalue weighted by Gasteiger charge is -2.02. The number of fused-ring (bicyclic) bond motifs is 2. The maximum atomic E-state index is 12.0. The first-order chi connectivity index (χ1) is 9.31. The molecule has 0 fully saturated rings. The number of H-pyrrole nitrogens is 2. The lowest BCUT2D eigenvalue weighted by atomic mass is 10.1. The van der Waals surface area contributed by atoms with E-state index in [-0.39, 0.29) is 18.2 Å². The highest BCUT2D eigenvalue weighted by Gasteiger charge is 2.16. The zero-order chi connectivity index (χ0) is 12.8. The van der Waals surface area contributed by atoms with Crippen molar-refractivity contribution in [2.75, 3.05) is 6.79 Å². The quantitative estimate of drug-likeness (QED) is 0.655. The van der Waals surface area contributed by atoms with E-state index in [1.54, 1.807) is 18.2 Å². The molecule has 0 saturated heterocycles. The van der Waals surface area contributed by atoms with Crippen LogP contribution in [0.3, 0.4) is 0 Å². The summed E-state index contributed by atoms with van der Waals surface area (Å²) in [7, 11) is 0. The van der Waals surface area contributed by atoms with Crippen molar-refractivity contribution in [2.24, 2.45) is 0 Å². The molecule has 0 bridgehead atoms. The van der Waals surface area contributed by atoms with Gasteiger partial charge in [0.25, 0.3) is 5.56 Å². The number of tetrazole rings is 1. The lowest BCUT2D eigenvalue weighted by Crippen LogP contribution is -2.09. The van der Waals surface area contributed by atoms with Crippen molar-refractivity contribution in [3.8, 4) is 22.9 Å². The van der Waals surface area contributed by atoms with Gasteiger partial charge >= 0.3 is 0 Å². The van der Waals surface area contributed by atoms with E-state index in [1.165, 1.54) is 0 Å². The number of nitrogens with one attached hydrogen (secondary N) is 2. The third-order valence-corrected chi connectivity index (χ3v) is 2.92. The van der Waals surface area contributed by atoms with Crippen LogP contribution < -0.4 is 15.0 Å². The normalized spacial score (nSPS) is 13.1. The number of hydrogen-bond acceptors (Lipinski definition) is 6. The molecule has 8 heteroatoms. The van der Waals surface area contributed by atoms with Crippen LogP contribution in [0, 0.1) is 0 Å². The molecule has 8 nitrogen and oxygen atoms in total. The average Bonchev–Trinajstić information content (AvgIpc) is 3.06. The zero-order valence-corrected chi connectivity index (χ0v) is 9.51. The summed E-state index contributed by atoms with van der Waals surface area (Å²) in [5, 5.41) is 14.2. The van der Waals surface area contributed by atoms with Crippen molar-refractivity contribution in [3.05, 3.63) is 28.6 Å². The summed E-state index contributed by atoms with van der Waals surface area (Å²) in [5.74, 6) is 1.52. The molecule has 2 aromatic heterocycles. The van der Waals surface area contributed by atoms with Crippen molar-refractivity contribution >= 4 is 10.9 Å². The van der Waals surface area contributed by atoms with Gasteiger partial charge in [-0.1, -0.05) is 0 Å². The molecule has 0 unspecified atom stereocenters. The van der Waals surface area contributed by atoms with Crippen LogP contribution in [0.1, 0.15) is 0 Å². The molecule has 1 aliphatic rings. The molecular formula is C11H7N5O3. The van der Waals surface area contributed by atoms with E-state index in [9.17, 15) is 4.79 Å². The fraction of sp³-hybridized carbons (Fsp3) is 0.0909. The molecule has 0 atom stereocenters. The van der Waals surface area contributed by atoms with Gasteiger partial charge in [0.1, 0.15) is 0 Å². The van der Waals surface area contributed by atoms with Gasteiger partial charge in [-0.2, -0.15) is 5.21 Å². The van der Waals surface area contributed by atoms with E-state index in [2.05, 4.69) is 25.6 Å². The summed E-state index contributed by atoms with van der Waals surface area (Å²) in [6, 6.07) is 5.23. The largest absolute Gasteiger partial charge is 0.454 e. The summed E-state index contributed by atoms with van der Waals surface area (Å²) in [6.45, 7) is 0.188. The molecular weight excluding hydrogens is 250 g/mol. The Kier molecular flexibility index (Phi) is 1.88. The van der Waals surface area contributed by atoms with E-state index < -0.39 is 0 Å². The number of benzene rings is 1. The van der Waals surface area contributed by atoms with Crippen molar-refractivity contribution in [1.82, 2.24) is 25.6 Å². The fourth-order valence-electron chi connectivity index (χ4n) is 2.04. The summed E-state index contributed by atoms with van der Waals surface area (Å²) in [6.07, 6.45) is 0. The number of aromatic amines is 2. The number of rotatable bonds is 1. The Morgan fingerprint density at radius 1 is 1.16 bits per heavy atom. The minimum Gasteiger partial charge on any atom is -0.454 e. The molecule has 1 aromatic carbocycles. The van der Waals surface area contributed by atoms with Crippen LogP contribution in [0.2, 0.25) is 0 Å². The zero-order valence-electron chi connectivity index (χ0n) is 9.51. The number of ether oxygens (including phenoxy) is 2. The molecule has 4 rings (SSSR count). The van der Waals surface area contributed by atoms with Crippen LogP contribution in [-0.4, -0.2) is 32.4 Å². The van der Waals surface area contributed by atoms with Crippen LogP contribution in [0.5, 0.6) is 11.5 Å². The van der Waals surface area contributed by atoms with Gasteiger partial charge in [-0.25, -0.2) is 0 Å². The molecule has 19 heavy (non-hydrogen) atoms. The second kappa shape index (κ2) is 3.55. The van der Waals surface area contributed by atoms with E-state index in [0.29, 0.717) is 22.6 Å². The SMILES string of the molecule is O=c1[nH]c2cc3c(cc2cc1-c1nn[nH]n1)OCO3. The predicted molar refractivity (Wildman–Crippen MR) is 63.9 cm³/mol. The minimum atomic E-state index is -0.284. The van der Waals surface area contributed by atoms with E-state index in [0.717, 1.165) is 5.39 Å². The monoisotopic (exact) mass is 257 g/mol. The first-order valence-electron chi connectivity index (χ1n) is 5.52. The summed E-state index contributed by atoms with van der Waals surface area (Å²) in [5.41, 5.74) is 0.731. The lowest BCUT2D eigenvalue weighted by molar-refractivity contribution is 0.174. The third-order valence-electron chi connectivity index (χ3n) is 2.92. The van der Waals surface area contributed by atoms with Gasteiger partial charge in [-0.15, -0.1) is 10.2 Å². The van der Waals surface area contributed by atoms with E-state index in [1.807, 2.05) is 0 Å².